The number of ether oxygens (including phenoxy) is 2. The number of hydrogen-bond donors (Lipinski definition) is 1. The maximum atomic E-state index is 12.1. The second-order valence-corrected chi connectivity index (χ2v) is 6.88. The largest absolute Gasteiger partial charge is 0.464 e. The van der Waals surface area contributed by atoms with Crippen molar-refractivity contribution in [1.82, 2.24) is 9.97 Å². The number of H-pyrrole nitrogens is 1. The first kappa shape index (κ1) is 15.3. The van der Waals surface area contributed by atoms with E-state index in [1.807, 2.05) is 6.92 Å². The summed E-state index contributed by atoms with van der Waals surface area (Å²) in [4.78, 5) is 18.6. The highest BCUT2D eigenvalue weighted by atomic mass is 32.2. The molecule has 0 aliphatic carbocycles. The predicted molar refractivity (Wildman–Crippen MR) is 78.1 cm³/mol. The monoisotopic (exact) mass is 312 g/mol. The smallest absolute Gasteiger partial charge is 0.299 e. The van der Waals surface area contributed by atoms with Gasteiger partial charge < -0.3 is 9.47 Å². The molecule has 0 aromatic carbocycles. The minimum atomic E-state index is -3.14. The maximum Gasteiger partial charge on any atom is 0.299 e. The molecule has 1 aromatic heterocycles. The van der Waals surface area contributed by atoms with Gasteiger partial charge in [-0.05, 0) is 18.1 Å². The van der Waals surface area contributed by atoms with Crippen molar-refractivity contribution in [3.8, 4) is 11.9 Å². The van der Waals surface area contributed by atoms with Gasteiger partial charge in [0.15, 0.2) is 9.84 Å². The summed E-state index contributed by atoms with van der Waals surface area (Å²) in [6.07, 6.45) is 3.42. The van der Waals surface area contributed by atoms with Crippen LogP contribution in [0.3, 0.4) is 0 Å². The highest BCUT2D eigenvalue weighted by molar-refractivity contribution is 7.90. The van der Waals surface area contributed by atoms with Crippen molar-refractivity contribution in [3.05, 3.63) is 34.3 Å². The molecular formula is C13H16N2O5S. The van der Waals surface area contributed by atoms with E-state index in [4.69, 9.17) is 9.47 Å². The van der Waals surface area contributed by atoms with Crippen LogP contribution in [-0.2, 0) is 9.84 Å². The van der Waals surface area contributed by atoms with Gasteiger partial charge in [-0.3, -0.25) is 9.78 Å². The van der Waals surface area contributed by atoms with Crippen molar-refractivity contribution in [1.29, 1.82) is 0 Å². The molecule has 0 atom stereocenters. The van der Waals surface area contributed by atoms with Crippen molar-refractivity contribution >= 4 is 15.4 Å². The summed E-state index contributed by atoms with van der Waals surface area (Å²) >= 11 is 0. The fraction of sp³-hybridized carbons (Fsp3) is 0.385. The van der Waals surface area contributed by atoms with Crippen molar-refractivity contribution in [3.63, 3.8) is 0 Å². The Morgan fingerprint density at radius 2 is 2.19 bits per heavy atom. The Bertz CT molecular complexity index is 761. The number of aromatic nitrogens is 2. The van der Waals surface area contributed by atoms with E-state index in [0.717, 1.165) is 11.8 Å². The lowest BCUT2D eigenvalue weighted by Crippen LogP contribution is -2.21. The quantitative estimate of drug-likeness (QED) is 0.867. The summed E-state index contributed by atoms with van der Waals surface area (Å²) in [6, 6.07) is -0.0763. The molecule has 0 fully saturated rings. The maximum absolute atomic E-state index is 12.1. The third kappa shape index (κ3) is 3.72. The second kappa shape index (κ2) is 5.72. The first-order valence-corrected chi connectivity index (χ1v) is 8.38. The molecule has 2 rings (SSSR count). The lowest BCUT2D eigenvalue weighted by molar-refractivity contribution is 0.304. The lowest BCUT2D eigenvalue weighted by Gasteiger charge is -2.17. The normalized spacial score (nSPS) is 14.2. The SMILES string of the molecule is C=C1C=C(CC)c2c(nc(OCCS(C)(=O)=O)[nH]c2=O)O1. The number of fused-ring (bicyclic) bond motifs is 1. The fourth-order valence-electron chi connectivity index (χ4n) is 1.85. The molecule has 0 saturated heterocycles. The summed E-state index contributed by atoms with van der Waals surface area (Å²) in [5.74, 6) is 0.346. The molecule has 0 spiro atoms. The standard InChI is InChI=1S/C13H16N2O5S/c1-4-9-7-8(2)20-12-10(9)11(16)14-13(15-12)19-5-6-21(3,17)18/h7H,2,4-6H2,1,3H3,(H,14,15,16). The van der Waals surface area contributed by atoms with Gasteiger partial charge in [0.1, 0.15) is 17.9 Å². The Balaban J connectivity index is 2.28. The minimum Gasteiger partial charge on any atom is -0.464 e. The van der Waals surface area contributed by atoms with Gasteiger partial charge in [-0.2, -0.15) is 4.98 Å². The summed E-state index contributed by atoms with van der Waals surface area (Å²) in [5.41, 5.74) is 0.730. The zero-order valence-electron chi connectivity index (χ0n) is 11.8. The highest BCUT2D eigenvalue weighted by Crippen LogP contribution is 2.30. The Morgan fingerprint density at radius 1 is 1.48 bits per heavy atom. The molecule has 1 aliphatic heterocycles. The van der Waals surface area contributed by atoms with E-state index in [2.05, 4.69) is 16.5 Å². The average molecular weight is 312 g/mol. The van der Waals surface area contributed by atoms with Crippen molar-refractivity contribution in [2.45, 2.75) is 13.3 Å². The molecule has 1 N–H and O–H groups in total. The van der Waals surface area contributed by atoms with Crippen LogP contribution in [0.5, 0.6) is 11.9 Å². The van der Waals surface area contributed by atoms with Crippen LogP contribution in [0.2, 0.25) is 0 Å². The number of nitrogens with zero attached hydrogens (tertiary/aromatic N) is 1. The van der Waals surface area contributed by atoms with Crippen LogP contribution in [0.25, 0.3) is 5.57 Å². The van der Waals surface area contributed by atoms with E-state index in [-0.39, 0.29) is 24.3 Å². The van der Waals surface area contributed by atoms with Gasteiger partial charge in [-0.1, -0.05) is 13.5 Å². The average Bonchev–Trinajstić information content (AvgIpc) is 2.35. The van der Waals surface area contributed by atoms with Crippen LogP contribution in [-0.4, -0.2) is 37.0 Å². The van der Waals surface area contributed by atoms with E-state index in [9.17, 15) is 13.2 Å². The molecular weight excluding hydrogens is 296 g/mol. The first-order valence-electron chi connectivity index (χ1n) is 6.32. The van der Waals surface area contributed by atoms with Gasteiger partial charge in [0, 0.05) is 6.26 Å². The van der Waals surface area contributed by atoms with E-state index in [1.54, 1.807) is 6.08 Å². The lowest BCUT2D eigenvalue weighted by atomic mass is 10.0. The topological polar surface area (TPSA) is 98.4 Å². The third-order valence-electron chi connectivity index (χ3n) is 2.82. The van der Waals surface area contributed by atoms with Gasteiger partial charge >= 0.3 is 0 Å². The van der Waals surface area contributed by atoms with Crippen molar-refractivity contribution in [2.75, 3.05) is 18.6 Å². The summed E-state index contributed by atoms with van der Waals surface area (Å²) in [5, 5.41) is 0. The predicted octanol–water partition coefficient (Wildman–Crippen LogP) is 0.893. The summed E-state index contributed by atoms with van der Waals surface area (Å²) < 4.78 is 32.6. The summed E-state index contributed by atoms with van der Waals surface area (Å²) in [7, 11) is -3.14. The minimum absolute atomic E-state index is 0.0763. The Kier molecular flexibility index (Phi) is 4.17. The van der Waals surface area contributed by atoms with E-state index < -0.39 is 15.4 Å². The molecule has 0 unspecified atom stereocenters. The van der Waals surface area contributed by atoms with E-state index in [1.165, 1.54) is 0 Å². The van der Waals surface area contributed by atoms with Crippen LogP contribution in [0, 0.1) is 0 Å². The van der Waals surface area contributed by atoms with Gasteiger partial charge in [0.2, 0.25) is 5.88 Å². The molecule has 0 amide bonds. The second-order valence-electron chi connectivity index (χ2n) is 4.62. The zero-order valence-corrected chi connectivity index (χ0v) is 12.6. The Hall–Kier alpha value is -2.09. The van der Waals surface area contributed by atoms with Crippen LogP contribution in [0.4, 0.5) is 0 Å². The number of rotatable bonds is 5. The molecule has 21 heavy (non-hydrogen) atoms. The van der Waals surface area contributed by atoms with Gasteiger partial charge in [0.25, 0.3) is 11.6 Å². The van der Waals surface area contributed by atoms with Gasteiger partial charge in [-0.15, -0.1) is 0 Å². The molecule has 1 aliphatic rings. The molecule has 0 saturated carbocycles. The number of aromatic amines is 1. The van der Waals surface area contributed by atoms with Crippen LogP contribution >= 0.6 is 0 Å². The third-order valence-corrected chi connectivity index (χ3v) is 3.73. The zero-order chi connectivity index (χ0) is 15.6. The first-order chi connectivity index (χ1) is 9.80. The molecule has 8 heteroatoms. The van der Waals surface area contributed by atoms with Crippen LogP contribution < -0.4 is 15.0 Å². The van der Waals surface area contributed by atoms with Crippen molar-refractivity contribution in [2.24, 2.45) is 0 Å². The molecule has 0 radical (unpaired) electrons. The highest BCUT2D eigenvalue weighted by Gasteiger charge is 2.21. The van der Waals surface area contributed by atoms with Gasteiger partial charge in [-0.25, -0.2) is 8.42 Å². The van der Waals surface area contributed by atoms with Crippen molar-refractivity contribution < 1.29 is 17.9 Å². The van der Waals surface area contributed by atoms with Crippen LogP contribution in [0.15, 0.2) is 23.2 Å². The molecule has 1 aromatic rings. The molecule has 114 valence electrons. The molecule has 2 heterocycles. The number of hydrogen-bond acceptors (Lipinski definition) is 6. The number of sulfone groups is 1. The van der Waals surface area contributed by atoms with E-state index in [0.29, 0.717) is 17.7 Å². The molecule has 0 bridgehead atoms. The Labute approximate surface area is 122 Å². The number of allylic oxidation sites excluding steroid dienone is 2. The van der Waals surface area contributed by atoms with E-state index >= 15 is 0 Å². The summed E-state index contributed by atoms with van der Waals surface area (Å²) in [6.45, 7) is 5.50. The fourth-order valence-corrected chi connectivity index (χ4v) is 2.23. The Morgan fingerprint density at radius 3 is 2.81 bits per heavy atom. The number of nitrogens with one attached hydrogen (secondary N) is 1. The van der Waals surface area contributed by atoms with Crippen LogP contribution in [0.1, 0.15) is 18.9 Å². The molecule has 7 nitrogen and oxygen atoms in total. The van der Waals surface area contributed by atoms with Gasteiger partial charge in [0.05, 0.1) is 5.75 Å².